The van der Waals surface area contributed by atoms with Crippen LogP contribution in [-0.4, -0.2) is 28.4 Å². The number of hydrogen-bond acceptors (Lipinski definition) is 5. The first-order valence-electron chi connectivity index (χ1n) is 5.66. The number of nitrogens with two attached hydrogens (primary N) is 3. The quantitative estimate of drug-likeness (QED) is 0.346. The topological polar surface area (TPSA) is 145 Å². The number of nitrogens with one attached hydrogen (secondary N) is 1. The Balaban J connectivity index is 2.96. The van der Waals surface area contributed by atoms with Crippen LogP contribution >= 0.6 is 11.6 Å². The molecule has 0 aliphatic heterocycles. The molecule has 9 heteroatoms. The van der Waals surface area contributed by atoms with Gasteiger partial charge in [0, 0.05) is 6.54 Å². The van der Waals surface area contributed by atoms with Gasteiger partial charge in [-0.2, -0.15) is 4.99 Å². The Morgan fingerprint density at radius 3 is 2.68 bits per heavy atom. The molecule has 0 radical (unpaired) electrons. The van der Waals surface area contributed by atoms with Crippen LogP contribution in [0.15, 0.2) is 4.99 Å². The van der Waals surface area contributed by atoms with E-state index in [4.69, 9.17) is 28.8 Å². The zero-order valence-corrected chi connectivity index (χ0v) is 11.2. The van der Waals surface area contributed by atoms with Gasteiger partial charge < -0.3 is 22.5 Å². The van der Waals surface area contributed by atoms with Crippen LogP contribution in [0.5, 0.6) is 0 Å². The lowest BCUT2D eigenvalue weighted by molar-refractivity contribution is 0.0998. The van der Waals surface area contributed by atoms with Crippen molar-refractivity contribution in [1.29, 1.82) is 0 Å². The standard InChI is InChI=1S/C10H16ClN7O/c1-2-3-4-15-8-6(11)16-5(7(12)17-8)9(19)18-10(13)14/h2-4H2,1H3,(H3,12,15,17)(H4,13,14,18,19). The summed E-state index contributed by atoms with van der Waals surface area (Å²) in [5.74, 6) is -0.924. The molecule has 0 atom stereocenters. The summed E-state index contributed by atoms with van der Waals surface area (Å²) in [5.41, 5.74) is 15.7. The number of nitrogens with zero attached hydrogens (tertiary/aromatic N) is 3. The highest BCUT2D eigenvalue weighted by atomic mass is 35.5. The molecule has 0 unspecified atom stereocenters. The fourth-order valence-electron chi connectivity index (χ4n) is 1.25. The number of aliphatic imine (C=N–C) groups is 1. The van der Waals surface area contributed by atoms with E-state index in [0.29, 0.717) is 12.4 Å². The van der Waals surface area contributed by atoms with E-state index in [-0.39, 0.29) is 22.6 Å². The smallest absolute Gasteiger partial charge is 0.302 e. The number of hydrogen-bond donors (Lipinski definition) is 4. The first kappa shape index (κ1) is 15.0. The summed E-state index contributed by atoms with van der Waals surface area (Å²) < 4.78 is 0. The van der Waals surface area contributed by atoms with Crippen LogP contribution < -0.4 is 22.5 Å². The first-order chi connectivity index (χ1) is 8.95. The maximum atomic E-state index is 11.6. The van der Waals surface area contributed by atoms with E-state index in [9.17, 15) is 4.79 Å². The summed E-state index contributed by atoms with van der Waals surface area (Å²) in [7, 11) is 0. The van der Waals surface area contributed by atoms with Crippen LogP contribution in [0.4, 0.5) is 11.6 Å². The third kappa shape index (κ3) is 4.25. The predicted octanol–water partition coefficient (Wildman–Crippen LogP) is 0.338. The van der Waals surface area contributed by atoms with Crippen molar-refractivity contribution in [2.24, 2.45) is 16.5 Å². The lowest BCUT2D eigenvalue weighted by Gasteiger charge is -2.08. The fraction of sp³-hybridized carbons (Fsp3) is 0.400. The second kappa shape index (κ2) is 6.74. The van der Waals surface area contributed by atoms with Gasteiger partial charge in [-0.25, -0.2) is 9.97 Å². The Morgan fingerprint density at radius 1 is 1.42 bits per heavy atom. The van der Waals surface area contributed by atoms with Gasteiger partial charge in [-0.15, -0.1) is 0 Å². The maximum absolute atomic E-state index is 11.6. The average molecular weight is 286 g/mol. The zero-order valence-electron chi connectivity index (χ0n) is 10.5. The van der Waals surface area contributed by atoms with Crippen molar-refractivity contribution in [2.45, 2.75) is 19.8 Å². The minimum absolute atomic E-state index is 0.0412. The van der Waals surface area contributed by atoms with Gasteiger partial charge in [-0.1, -0.05) is 24.9 Å². The predicted molar refractivity (Wildman–Crippen MR) is 75.0 cm³/mol. The van der Waals surface area contributed by atoms with E-state index < -0.39 is 5.91 Å². The van der Waals surface area contributed by atoms with E-state index in [1.165, 1.54) is 0 Å². The van der Waals surface area contributed by atoms with Crippen molar-refractivity contribution in [1.82, 2.24) is 9.97 Å². The Hall–Kier alpha value is -2.09. The molecule has 1 amide bonds. The molecular formula is C10H16ClN7O. The van der Waals surface area contributed by atoms with Gasteiger partial charge in [0.25, 0.3) is 0 Å². The number of carbonyl (C=O) groups is 1. The fourth-order valence-corrected chi connectivity index (χ4v) is 1.45. The van der Waals surface area contributed by atoms with Gasteiger partial charge in [0.1, 0.15) is 0 Å². The highest BCUT2D eigenvalue weighted by molar-refractivity contribution is 6.32. The van der Waals surface area contributed by atoms with Crippen molar-refractivity contribution in [3.63, 3.8) is 0 Å². The van der Waals surface area contributed by atoms with Crippen LogP contribution in [-0.2, 0) is 0 Å². The number of carbonyl (C=O) groups excluding carboxylic acids is 1. The van der Waals surface area contributed by atoms with Crippen LogP contribution in [0.25, 0.3) is 0 Å². The molecule has 1 rings (SSSR count). The SMILES string of the molecule is CCCCNc1nc(N)c(C(=O)N=C(N)N)nc1Cl. The first-order valence-corrected chi connectivity index (χ1v) is 6.04. The molecule has 1 aromatic rings. The summed E-state index contributed by atoms with van der Waals surface area (Å²) in [4.78, 5) is 22.7. The molecule has 1 aromatic heterocycles. The van der Waals surface area contributed by atoms with Crippen molar-refractivity contribution >= 4 is 35.1 Å². The average Bonchev–Trinajstić information content (AvgIpc) is 2.32. The Labute approximate surface area is 115 Å². The van der Waals surface area contributed by atoms with E-state index in [1.807, 2.05) is 0 Å². The molecule has 0 fully saturated rings. The number of rotatable bonds is 5. The van der Waals surface area contributed by atoms with Crippen LogP contribution in [0, 0.1) is 0 Å². The highest BCUT2D eigenvalue weighted by Gasteiger charge is 2.16. The van der Waals surface area contributed by atoms with Crippen molar-refractivity contribution < 1.29 is 4.79 Å². The van der Waals surface area contributed by atoms with Crippen molar-refractivity contribution in [2.75, 3.05) is 17.6 Å². The Kier molecular flexibility index (Phi) is 5.31. The number of halogens is 1. The molecule has 19 heavy (non-hydrogen) atoms. The van der Waals surface area contributed by atoms with E-state index in [1.54, 1.807) is 0 Å². The number of amides is 1. The van der Waals surface area contributed by atoms with E-state index in [2.05, 4.69) is 27.2 Å². The second-order valence-corrected chi connectivity index (χ2v) is 4.08. The maximum Gasteiger partial charge on any atom is 0.302 e. The summed E-state index contributed by atoms with van der Waals surface area (Å²) in [6.45, 7) is 2.74. The number of aromatic nitrogens is 2. The lowest BCUT2D eigenvalue weighted by atomic mass is 10.3. The summed E-state index contributed by atoms with van der Waals surface area (Å²) in [6.07, 6.45) is 1.97. The van der Waals surface area contributed by atoms with Crippen LogP contribution in [0.3, 0.4) is 0 Å². The molecule has 0 saturated carbocycles. The van der Waals surface area contributed by atoms with Crippen LogP contribution in [0.1, 0.15) is 30.3 Å². The summed E-state index contributed by atoms with van der Waals surface area (Å²) in [5, 5.41) is 3.02. The molecule has 0 aliphatic rings. The lowest BCUT2D eigenvalue weighted by Crippen LogP contribution is -2.25. The highest BCUT2D eigenvalue weighted by Crippen LogP contribution is 2.21. The van der Waals surface area contributed by atoms with E-state index in [0.717, 1.165) is 12.8 Å². The molecular weight excluding hydrogens is 270 g/mol. The second-order valence-electron chi connectivity index (χ2n) is 3.72. The van der Waals surface area contributed by atoms with Crippen molar-refractivity contribution in [3.8, 4) is 0 Å². The van der Waals surface area contributed by atoms with Gasteiger partial charge in [0.05, 0.1) is 0 Å². The summed E-state index contributed by atoms with van der Waals surface area (Å²) >= 11 is 5.91. The zero-order chi connectivity index (χ0) is 14.4. The normalized spacial score (nSPS) is 10.0. The minimum atomic E-state index is -0.785. The van der Waals surface area contributed by atoms with Gasteiger partial charge in [0.15, 0.2) is 28.4 Å². The molecule has 7 N–H and O–H groups in total. The number of unbranched alkanes of at least 4 members (excludes halogenated alkanes) is 1. The number of anilines is 2. The Morgan fingerprint density at radius 2 is 2.11 bits per heavy atom. The molecule has 1 heterocycles. The third-order valence-electron chi connectivity index (χ3n) is 2.14. The monoisotopic (exact) mass is 285 g/mol. The molecule has 0 aliphatic carbocycles. The molecule has 0 saturated heterocycles. The molecule has 8 nitrogen and oxygen atoms in total. The van der Waals surface area contributed by atoms with Gasteiger partial charge >= 0.3 is 5.91 Å². The summed E-state index contributed by atoms with van der Waals surface area (Å²) in [6, 6.07) is 0. The minimum Gasteiger partial charge on any atom is -0.382 e. The molecule has 0 aromatic carbocycles. The van der Waals surface area contributed by atoms with E-state index >= 15 is 0 Å². The number of nitrogen functional groups attached to an aromatic ring is 1. The number of guanidine groups is 1. The van der Waals surface area contributed by atoms with Gasteiger partial charge in [-0.3, -0.25) is 4.79 Å². The van der Waals surface area contributed by atoms with Gasteiger partial charge in [-0.05, 0) is 6.42 Å². The molecule has 104 valence electrons. The molecule has 0 bridgehead atoms. The van der Waals surface area contributed by atoms with Gasteiger partial charge in [0.2, 0.25) is 0 Å². The van der Waals surface area contributed by atoms with Crippen LogP contribution in [0.2, 0.25) is 5.15 Å². The molecule has 0 spiro atoms. The largest absolute Gasteiger partial charge is 0.382 e. The Bertz CT molecular complexity index is 499. The van der Waals surface area contributed by atoms with Crippen molar-refractivity contribution in [3.05, 3.63) is 10.8 Å². The third-order valence-corrected chi connectivity index (χ3v) is 2.40.